The van der Waals surface area contributed by atoms with E-state index in [0.717, 1.165) is 66.8 Å². The van der Waals surface area contributed by atoms with Gasteiger partial charge in [-0.1, -0.05) is 6.58 Å². The number of carbonyl (C=O) groups is 3. The summed E-state index contributed by atoms with van der Waals surface area (Å²) >= 11 is 1.32. The van der Waals surface area contributed by atoms with Gasteiger partial charge in [0.1, 0.15) is 0 Å². The van der Waals surface area contributed by atoms with E-state index in [4.69, 9.17) is 9.40 Å². The Morgan fingerprint density at radius 1 is 1.22 bits per heavy atom. The zero-order valence-corrected chi connectivity index (χ0v) is 23.5. The lowest BCUT2D eigenvalue weighted by Gasteiger charge is -2.46. The Morgan fingerprint density at radius 3 is 2.78 bits per heavy atom. The smallest absolute Gasteiger partial charge is 0.268 e. The van der Waals surface area contributed by atoms with Crippen molar-refractivity contribution >= 4 is 51.7 Å². The number of oxazole rings is 1. The number of carbonyl (C=O) groups excluding carboxylic acids is 3. The molecule has 1 spiro atoms. The van der Waals surface area contributed by atoms with Gasteiger partial charge in [0.05, 0.1) is 27.0 Å². The largest absolute Gasteiger partial charge is 0.443 e. The number of imidazole rings is 1. The number of benzene rings is 1. The second kappa shape index (κ2) is 9.69. The van der Waals surface area contributed by atoms with Gasteiger partial charge in [-0.25, -0.2) is 9.97 Å². The number of anilines is 2. The van der Waals surface area contributed by atoms with Crippen LogP contribution in [0.25, 0.3) is 21.7 Å². The highest BCUT2D eigenvalue weighted by atomic mass is 32.1. The van der Waals surface area contributed by atoms with Crippen LogP contribution in [-0.4, -0.2) is 57.3 Å². The summed E-state index contributed by atoms with van der Waals surface area (Å²) in [6, 6.07) is 9.59. The van der Waals surface area contributed by atoms with Crippen LogP contribution in [0.4, 0.5) is 11.6 Å². The maximum absolute atomic E-state index is 13.4. The molecule has 0 unspecified atom stereocenters. The molecule has 3 aliphatic rings. The Bertz CT molecular complexity index is 1680. The average molecular weight is 571 g/mol. The topological polar surface area (TPSA) is 114 Å². The number of nitrogens with zero attached hydrogens (tertiary/aromatic N) is 5. The summed E-state index contributed by atoms with van der Waals surface area (Å²) in [4.78, 5) is 52.1. The zero-order chi connectivity index (χ0) is 28.3. The summed E-state index contributed by atoms with van der Waals surface area (Å²) in [6.07, 6.45) is 8.98. The molecule has 0 radical (unpaired) electrons. The van der Waals surface area contributed by atoms with Crippen LogP contribution in [0.15, 0.2) is 60.0 Å². The number of hydrogen-bond donors (Lipinski definition) is 1. The second-order valence-electron chi connectivity index (χ2n) is 11.4. The van der Waals surface area contributed by atoms with Crippen LogP contribution in [0.5, 0.6) is 0 Å². The summed E-state index contributed by atoms with van der Waals surface area (Å²) in [5.74, 6) is 1.05. The molecule has 1 aromatic carbocycles. The van der Waals surface area contributed by atoms with Crippen LogP contribution in [0.1, 0.15) is 47.8 Å². The highest BCUT2D eigenvalue weighted by Gasteiger charge is 2.50. The predicted octanol–water partition coefficient (Wildman–Crippen LogP) is 5.12. The van der Waals surface area contributed by atoms with Crippen molar-refractivity contribution in [3.63, 3.8) is 0 Å². The van der Waals surface area contributed by atoms with Crippen LogP contribution in [0.2, 0.25) is 0 Å². The van der Waals surface area contributed by atoms with Gasteiger partial charge in [0.25, 0.3) is 5.91 Å². The van der Waals surface area contributed by atoms with E-state index in [1.807, 2.05) is 29.2 Å². The van der Waals surface area contributed by atoms with Gasteiger partial charge >= 0.3 is 0 Å². The van der Waals surface area contributed by atoms with Gasteiger partial charge in [0.2, 0.25) is 17.8 Å². The van der Waals surface area contributed by atoms with Crippen LogP contribution < -0.4 is 10.2 Å². The van der Waals surface area contributed by atoms with E-state index in [2.05, 4.69) is 21.4 Å². The lowest BCUT2D eigenvalue weighted by Crippen LogP contribution is -2.42. The number of hydrogen-bond acceptors (Lipinski definition) is 7. The van der Waals surface area contributed by atoms with Crippen molar-refractivity contribution < 1.29 is 18.8 Å². The minimum atomic E-state index is -0.253. The number of fused-ring (bicyclic) bond motifs is 1. The van der Waals surface area contributed by atoms with Crippen molar-refractivity contribution in [3.05, 3.63) is 60.5 Å². The first-order valence-electron chi connectivity index (χ1n) is 13.9. The Balaban J connectivity index is 1.19. The Kier molecular flexibility index (Phi) is 6.07. The van der Waals surface area contributed by atoms with Crippen molar-refractivity contribution in [2.24, 2.45) is 11.3 Å². The molecule has 2 aliphatic carbocycles. The van der Waals surface area contributed by atoms with Crippen molar-refractivity contribution in [1.82, 2.24) is 19.4 Å². The normalized spacial score (nSPS) is 21.7. The zero-order valence-electron chi connectivity index (χ0n) is 22.7. The molecule has 3 fully saturated rings. The molecular weight excluding hydrogens is 540 g/mol. The molecule has 10 nitrogen and oxygen atoms in total. The quantitative estimate of drug-likeness (QED) is 0.309. The first-order valence-corrected chi connectivity index (χ1v) is 14.7. The van der Waals surface area contributed by atoms with E-state index in [0.29, 0.717) is 16.6 Å². The number of likely N-dealkylation sites (tertiary alicyclic amines) is 1. The molecule has 1 aliphatic heterocycles. The molecule has 1 saturated heterocycles. The van der Waals surface area contributed by atoms with E-state index in [-0.39, 0.29) is 35.1 Å². The lowest BCUT2D eigenvalue weighted by molar-refractivity contribution is -0.125. The second-order valence-corrected chi connectivity index (χ2v) is 12.5. The Hall–Kier alpha value is -4.25. The number of amides is 3. The van der Waals surface area contributed by atoms with E-state index >= 15 is 0 Å². The number of thiophene rings is 1. The van der Waals surface area contributed by atoms with E-state index in [1.54, 1.807) is 24.2 Å². The molecule has 1 N–H and O–H groups in total. The van der Waals surface area contributed by atoms with Crippen LogP contribution in [-0.2, 0) is 9.59 Å². The van der Waals surface area contributed by atoms with Gasteiger partial charge in [-0.05, 0) is 73.9 Å². The summed E-state index contributed by atoms with van der Waals surface area (Å²) in [5.41, 5.74) is 2.48. The van der Waals surface area contributed by atoms with Gasteiger partial charge in [-0.15, -0.1) is 11.3 Å². The van der Waals surface area contributed by atoms with Gasteiger partial charge in [-0.2, -0.15) is 0 Å². The molecule has 11 heteroatoms. The fraction of sp³-hybridized carbons (Fsp3) is 0.367. The molecule has 41 heavy (non-hydrogen) atoms. The number of rotatable bonds is 7. The molecule has 210 valence electrons. The highest BCUT2D eigenvalue weighted by molar-refractivity contribution is 7.17. The minimum Gasteiger partial charge on any atom is -0.443 e. The van der Waals surface area contributed by atoms with Crippen LogP contribution in [0.3, 0.4) is 0 Å². The Morgan fingerprint density at radius 2 is 2.05 bits per heavy atom. The van der Waals surface area contributed by atoms with Crippen molar-refractivity contribution in [3.8, 4) is 10.6 Å². The molecule has 4 aromatic rings. The standard InChI is InChI=1S/C30H30N6O4S/c1-3-26(37)35-11-10-30(16-35)13-20(14-30)36-22-7-6-19(34(2)28(39)18-4-5-18)12-21(22)32-29(36)33-27(38)25-9-8-24(41-25)23-15-31-17-40-23/h3,6-9,12,15,17-18,20H,1,4-5,10-11,13-14,16H2,2H3,(H,32,33,38)/t20-,30-. The van der Waals surface area contributed by atoms with Gasteiger partial charge < -0.3 is 18.8 Å². The van der Waals surface area contributed by atoms with E-state index in [1.165, 1.54) is 23.8 Å². The molecule has 2 saturated carbocycles. The number of aromatic nitrogens is 3. The summed E-state index contributed by atoms with van der Waals surface area (Å²) in [5, 5.41) is 3.06. The summed E-state index contributed by atoms with van der Waals surface area (Å²) in [7, 11) is 1.80. The van der Waals surface area contributed by atoms with Crippen molar-refractivity contribution in [2.45, 2.75) is 38.1 Å². The van der Waals surface area contributed by atoms with Gasteiger partial charge in [-0.3, -0.25) is 19.7 Å². The fourth-order valence-electron chi connectivity index (χ4n) is 6.29. The lowest BCUT2D eigenvalue weighted by atomic mass is 9.65. The SMILES string of the molecule is C=CC(=O)N1CC[C@]2(C1)C[C@H](n1c(NC(=O)c3ccc(-c4cnco4)s3)nc3cc(N(C)C(=O)C4CC4)ccc31)C2. The van der Waals surface area contributed by atoms with Gasteiger partial charge in [0, 0.05) is 37.8 Å². The summed E-state index contributed by atoms with van der Waals surface area (Å²) in [6.45, 7) is 5.10. The first-order chi connectivity index (χ1) is 19.8. The predicted molar refractivity (Wildman–Crippen MR) is 156 cm³/mol. The molecule has 0 atom stereocenters. The molecule has 4 heterocycles. The monoisotopic (exact) mass is 570 g/mol. The molecule has 7 rings (SSSR count). The summed E-state index contributed by atoms with van der Waals surface area (Å²) < 4.78 is 7.50. The molecular formula is C30H30N6O4S. The average Bonchev–Trinajstić information content (AvgIpc) is 3.38. The van der Waals surface area contributed by atoms with E-state index in [9.17, 15) is 14.4 Å². The third-order valence-electron chi connectivity index (χ3n) is 8.67. The molecule has 3 aromatic heterocycles. The van der Waals surface area contributed by atoms with Crippen LogP contribution in [0, 0.1) is 11.3 Å². The van der Waals surface area contributed by atoms with Crippen LogP contribution >= 0.6 is 11.3 Å². The number of nitrogens with one attached hydrogen (secondary N) is 1. The first kappa shape index (κ1) is 25.7. The minimum absolute atomic E-state index is 0.0237. The van der Waals surface area contributed by atoms with E-state index < -0.39 is 0 Å². The Labute approximate surface area is 240 Å². The third kappa shape index (κ3) is 4.54. The highest BCUT2D eigenvalue weighted by Crippen LogP contribution is 2.55. The van der Waals surface area contributed by atoms with Crippen molar-refractivity contribution in [2.75, 3.05) is 30.4 Å². The molecule has 0 bridgehead atoms. The van der Waals surface area contributed by atoms with Crippen molar-refractivity contribution in [1.29, 1.82) is 0 Å². The third-order valence-corrected chi connectivity index (χ3v) is 9.77. The fourth-order valence-corrected chi connectivity index (χ4v) is 7.14. The van der Waals surface area contributed by atoms with Gasteiger partial charge in [0.15, 0.2) is 12.2 Å². The maximum Gasteiger partial charge on any atom is 0.268 e. The maximum atomic E-state index is 13.4. The molecule has 3 amide bonds.